The van der Waals surface area contributed by atoms with Gasteiger partial charge in [0.15, 0.2) is 12.6 Å². The molecule has 4 heterocycles. The number of ether oxygens (including phenoxy) is 4. The summed E-state index contributed by atoms with van der Waals surface area (Å²) in [4.78, 5) is 4.62. The monoisotopic (exact) mass is 444 g/mol. The van der Waals surface area contributed by atoms with Crippen LogP contribution in [0.2, 0.25) is 0 Å². The number of aliphatic imine (C=N–C) groups is 1. The zero-order valence-corrected chi connectivity index (χ0v) is 18.3. The fourth-order valence-electron chi connectivity index (χ4n) is 5.19. The van der Waals surface area contributed by atoms with Gasteiger partial charge in [-0.3, -0.25) is 4.99 Å². The first-order valence-corrected chi connectivity index (χ1v) is 11.0. The Bertz CT molecular complexity index is 680. The van der Waals surface area contributed by atoms with Crippen molar-refractivity contribution in [3.8, 4) is 0 Å². The molecule has 0 radical (unpaired) electrons. The highest BCUT2D eigenvalue weighted by Crippen LogP contribution is 2.34. The van der Waals surface area contributed by atoms with Crippen LogP contribution in [0.1, 0.15) is 33.1 Å². The molecule has 0 amide bonds. The number of likely N-dealkylation sites (N-methyl/N-ethyl adjacent to an activating group) is 1. The van der Waals surface area contributed by atoms with Gasteiger partial charge >= 0.3 is 0 Å². The number of rotatable bonds is 5. The molecule has 2 saturated heterocycles. The van der Waals surface area contributed by atoms with Gasteiger partial charge in [-0.2, -0.15) is 0 Å². The molecule has 2 bridgehead atoms. The van der Waals surface area contributed by atoms with E-state index in [4.69, 9.17) is 30.4 Å². The number of aliphatic hydroxyl groups excluding tert-OH is 2. The van der Waals surface area contributed by atoms with Crippen LogP contribution in [-0.4, -0.2) is 108 Å². The fraction of sp³-hybridized carbons (Fsp3) is 0.950. The van der Waals surface area contributed by atoms with E-state index in [1.54, 1.807) is 14.0 Å². The number of aliphatic hydroxyl groups is 3. The first-order valence-electron chi connectivity index (χ1n) is 11.0. The van der Waals surface area contributed by atoms with Crippen molar-refractivity contribution in [1.29, 1.82) is 0 Å². The van der Waals surface area contributed by atoms with Gasteiger partial charge in [-0.05, 0) is 40.2 Å². The highest BCUT2D eigenvalue weighted by Gasteiger charge is 2.51. The average Bonchev–Trinajstić information content (AvgIpc) is 2.70. The van der Waals surface area contributed by atoms with E-state index in [0.29, 0.717) is 6.42 Å². The van der Waals surface area contributed by atoms with Crippen LogP contribution < -0.4 is 16.8 Å². The van der Waals surface area contributed by atoms with Crippen LogP contribution in [0.4, 0.5) is 0 Å². The van der Waals surface area contributed by atoms with Crippen LogP contribution in [0.5, 0.6) is 0 Å². The largest absolute Gasteiger partial charge is 0.388 e. The van der Waals surface area contributed by atoms with E-state index in [1.807, 2.05) is 6.92 Å². The normalized spacial score (nSPS) is 52.8. The lowest BCUT2D eigenvalue weighted by Crippen LogP contribution is -2.68. The second-order valence-corrected chi connectivity index (χ2v) is 9.46. The van der Waals surface area contributed by atoms with E-state index < -0.39 is 60.7 Å². The Hall–Kier alpha value is -0.730. The highest BCUT2D eigenvalue weighted by atomic mass is 16.7. The molecule has 1 saturated carbocycles. The molecule has 0 aromatic rings. The molecule has 12 unspecified atom stereocenters. The molecule has 11 heteroatoms. The maximum absolute atomic E-state index is 11.1. The minimum Gasteiger partial charge on any atom is -0.388 e. The third-order valence-electron chi connectivity index (χ3n) is 6.96. The summed E-state index contributed by atoms with van der Waals surface area (Å²) in [5, 5.41) is 35.0. The molecule has 5 aliphatic rings. The van der Waals surface area contributed by atoms with Crippen LogP contribution in [0.25, 0.3) is 0 Å². The fourth-order valence-corrected chi connectivity index (χ4v) is 5.19. The van der Waals surface area contributed by atoms with Crippen molar-refractivity contribution in [2.24, 2.45) is 16.5 Å². The number of hydrogen-bond donors (Lipinski definition) is 6. The van der Waals surface area contributed by atoms with Gasteiger partial charge in [0.2, 0.25) is 0 Å². The Balaban J connectivity index is 1.44. The molecule has 0 spiro atoms. The number of nitrogens with zero attached hydrogens (tertiary/aromatic N) is 1. The number of nitrogens with one attached hydrogen (secondary N) is 1. The zero-order chi connectivity index (χ0) is 22.5. The van der Waals surface area contributed by atoms with Crippen LogP contribution in [0.15, 0.2) is 4.99 Å². The first-order chi connectivity index (χ1) is 14.6. The molecule has 4 aliphatic heterocycles. The molecule has 178 valence electrons. The first kappa shape index (κ1) is 23.4. The molecular formula is C20H36N4O7. The second kappa shape index (κ2) is 8.90. The van der Waals surface area contributed by atoms with Crippen molar-refractivity contribution < 1.29 is 34.3 Å². The summed E-state index contributed by atoms with van der Waals surface area (Å²) in [6.45, 7) is 3.47. The number of fused-ring (bicyclic) bond motifs is 2. The van der Waals surface area contributed by atoms with E-state index in [9.17, 15) is 15.3 Å². The van der Waals surface area contributed by atoms with E-state index in [0.717, 1.165) is 18.6 Å². The summed E-state index contributed by atoms with van der Waals surface area (Å²) in [7, 11) is 1.64. The summed E-state index contributed by atoms with van der Waals surface area (Å²) in [6, 6.07) is -1.90. The maximum atomic E-state index is 11.1. The van der Waals surface area contributed by atoms with Gasteiger partial charge in [0.05, 0.1) is 18.8 Å². The number of hydrogen-bond acceptors (Lipinski definition) is 11. The van der Waals surface area contributed by atoms with Gasteiger partial charge in [-0.1, -0.05) is 0 Å². The van der Waals surface area contributed by atoms with Gasteiger partial charge in [0, 0.05) is 17.8 Å². The van der Waals surface area contributed by atoms with Gasteiger partial charge in [0.25, 0.3) is 0 Å². The SMILES string of the molecule is CNC1C(O)C(OC2C(N)CC(N)C(OC3OC4CCC3N=C4C)C2O)OCC1(C)O. The quantitative estimate of drug-likeness (QED) is 0.268. The van der Waals surface area contributed by atoms with Crippen LogP contribution in [0, 0.1) is 0 Å². The summed E-state index contributed by atoms with van der Waals surface area (Å²) >= 11 is 0. The molecule has 8 N–H and O–H groups in total. The third-order valence-corrected chi connectivity index (χ3v) is 6.96. The minimum atomic E-state index is -1.27. The Morgan fingerprint density at radius 2 is 1.74 bits per heavy atom. The molecule has 12 atom stereocenters. The Morgan fingerprint density at radius 3 is 2.29 bits per heavy atom. The van der Waals surface area contributed by atoms with E-state index in [1.165, 1.54) is 0 Å². The molecule has 0 aromatic heterocycles. The van der Waals surface area contributed by atoms with Gasteiger partial charge < -0.3 is 51.1 Å². The predicted molar refractivity (Wildman–Crippen MR) is 110 cm³/mol. The molecule has 11 nitrogen and oxygen atoms in total. The standard InChI is InChI=1S/C20H36N4O7/c1-8-12-5-4-11(24-8)18(29-12)30-15-9(21)6-10(22)16(13(15)25)31-19-14(26)17(23-3)20(2,27)7-28-19/h9-19,23,25-27H,4-7,21-22H2,1-3H3. The molecule has 3 fully saturated rings. The van der Waals surface area contributed by atoms with E-state index in [2.05, 4.69) is 10.3 Å². The smallest absolute Gasteiger partial charge is 0.185 e. The van der Waals surface area contributed by atoms with Crippen LogP contribution in [-0.2, 0) is 18.9 Å². The van der Waals surface area contributed by atoms with Crippen LogP contribution >= 0.6 is 0 Å². The molecule has 31 heavy (non-hydrogen) atoms. The minimum absolute atomic E-state index is 0.0476. The van der Waals surface area contributed by atoms with Gasteiger partial charge in [0.1, 0.15) is 36.1 Å². The summed E-state index contributed by atoms with van der Waals surface area (Å²) in [5.74, 6) is 0. The van der Waals surface area contributed by atoms with E-state index in [-0.39, 0.29) is 18.8 Å². The predicted octanol–water partition coefficient (Wildman–Crippen LogP) is -2.42. The van der Waals surface area contributed by atoms with Crippen molar-refractivity contribution in [3.63, 3.8) is 0 Å². The lowest BCUT2D eigenvalue weighted by molar-refractivity contribution is -0.306. The molecule has 0 aromatic carbocycles. The third kappa shape index (κ3) is 4.41. The van der Waals surface area contributed by atoms with Gasteiger partial charge in [-0.25, -0.2) is 0 Å². The van der Waals surface area contributed by atoms with E-state index >= 15 is 0 Å². The molecule has 5 rings (SSSR count). The average molecular weight is 445 g/mol. The number of nitrogens with two attached hydrogens (primary N) is 2. The molecular weight excluding hydrogens is 408 g/mol. The molecule has 1 aliphatic carbocycles. The summed E-state index contributed by atoms with van der Waals surface area (Å²) < 4.78 is 23.6. The van der Waals surface area contributed by atoms with Crippen LogP contribution in [0.3, 0.4) is 0 Å². The topological polar surface area (TPSA) is 174 Å². The maximum Gasteiger partial charge on any atom is 0.185 e. The Morgan fingerprint density at radius 1 is 1.10 bits per heavy atom. The Kier molecular flexibility index (Phi) is 6.73. The Labute approximate surface area is 182 Å². The summed E-state index contributed by atoms with van der Waals surface area (Å²) in [6.07, 6.45) is -3.58. The lowest BCUT2D eigenvalue weighted by Gasteiger charge is -2.48. The van der Waals surface area contributed by atoms with Gasteiger partial charge in [-0.15, -0.1) is 0 Å². The van der Waals surface area contributed by atoms with Crippen molar-refractivity contribution in [2.45, 2.75) is 106 Å². The second-order valence-electron chi connectivity index (χ2n) is 9.46. The van der Waals surface area contributed by atoms with Crippen molar-refractivity contribution in [2.75, 3.05) is 13.7 Å². The highest BCUT2D eigenvalue weighted by molar-refractivity contribution is 5.87. The zero-order valence-electron chi connectivity index (χ0n) is 18.3. The van der Waals surface area contributed by atoms with Crippen molar-refractivity contribution >= 4 is 5.71 Å². The van der Waals surface area contributed by atoms with Crippen molar-refractivity contribution in [1.82, 2.24) is 5.32 Å². The lowest BCUT2D eigenvalue weighted by atomic mass is 9.84. The summed E-state index contributed by atoms with van der Waals surface area (Å²) in [5.41, 5.74) is 12.2. The van der Waals surface area contributed by atoms with Crippen molar-refractivity contribution in [3.05, 3.63) is 0 Å².